The van der Waals surface area contributed by atoms with Crippen molar-refractivity contribution in [2.75, 3.05) is 13.2 Å². The number of carbonyl (C=O) groups excluding carboxylic acids is 1. The minimum absolute atomic E-state index is 0.131. The molecule has 1 aliphatic heterocycles. The SMILES string of the molecule is O=C(OC(CO[N+](=O)[O-])CO[N+](=O)[O-])C1=Cc2cc(S(F)(F)(F)(F)F)ccc2O[C@@H]1C(F)(F)F. The van der Waals surface area contributed by atoms with E-state index in [0.717, 1.165) is 0 Å². The summed E-state index contributed by atoms with van der Waals surface area (Å²) in [5, 5.41) is 17.6. The number of nitrogens with zero attached hydrogens (tertiary/aromatic N) is 2. The van der Waals surface area contributed by atoms with Crippen molar-refractivity contribution in [3.05, 3.63) is 49.6 Å². The molecule has 34 heavy (non-hydrogen) atoms. The van der Waals surface area contributed by atoms with Crippen molar-refractivity contribution in [3.63, 3.8) is 0 Å². The molecule has 1 aromatic carbocycles. The second kappa shape index (κ2) is 8.02. The highest BCUT2D eigenvalue weighted by atomic mass is 32.5. The van der Waals surface area contributed by atoms with E-state index in [-0.39, 0.29) is 24.3 Å². The van der Waals surface area contributed by atoms with Gasteiger partial charge in [-0.3, -0.25) is 0 Å². The van der Waals surface area contributed by atoms with Crippen LogP contribution in [0.3, 0.4) is 0 Å². The zero-order valence-electron chi connectivity index (χ0n) is 15.9. The number of hydrogen-bond acceptors (Lipinski definition) is 9. The van der Waals surface area contributed by atoms with Crippen LogP contribution < -0.4 is 4.74 Å². The van der Waals surface area contributed by atoms with Crippen LogP contribution in [0.15, 0.2) is 28.7 Å². The molecule has 1 atom stereocenters. The third-order valence-corrected chi connectivity index (χ3v) is 4.95. The van der Waals surface area contributed by atoms with Gasteiger partial charge in [0, 0.05) is 5.56 Å². The summed E-state index contributed by atoms with van der Waals surface area (Å²) >= 11 is 0. The molecule has 0 radical (unpaired) electrons. The Morgan fingerprint density at radius 2 is 1.59 bits per heavy atom. The van der Waals surface area contributed by atoms with Crippen LogP contribution >= 0.6 is 10.2 Å². The summed E-state index contributed by atoms with van der Waals surface area (Å²) in [7, 11) is -10.3. The van der Waals surface area contributed by atoms with Gasteiger partial charge in [0.1, 0.15) is 30.0 Å². The maximum atomic E-state index is 13.4. The summed E-state index contributed by atoms with van der Waals surface area (Å²) in [6.45, 7) is -2.50. The van der Waals surface area contributed by atoms with E-state index in [1.165, 1.54) is 0 Å². The Balaban J connectivity index is 2.46. The molecule has 0 bridgehead atoms. The Morgan fingerprint density at radius 1 is 1.06 bits per heavy atom. The summed E-state index contributed by atoms with van der Waals surface area (Å²) in [4.78, 5) is 37.9. The molecule has 2 rings (SSSR count). The van der Waals surface area contributed by atoms with E-state index in [1.54, 1.807) is 0 Å². The standard InChI is InChI=1S/C14H10F8N2O9S/c15-14(16,17)12-10(13(25)32-8(5-30-23(26)27)6-31-24(28)29)4-7-3-9(1-2-11(7)33-12)34(18,19,20,21)22/h1-4,8,12H,5-6H2/t12-/m0/s1. The number of esters is 1. The zero-order chi connectivity index (χ0) is 26.2. The van der Waals surface area contributed by atoms with Crippen molar-refractivity contribution in [2.45, 2.75) is 23.3 Å². The second-order valence-electron chi connectivity index (χ2n) is 6.37. The molecule has 0 unspecified atom stereocenters. The number of halogens is 8. The van der Waals surface area contributed by atoms with Gasteiger partial charge in [0.25, 0.3) is 10.2 Å². The largest absolute Gasteiger partial charge is 0.475 e. The molecular formula is C14H10F8N2O9S. The maximum Gasteiger partial charge on any atom is 0.430 e. The Morgan fingerprint density at radius 3 is 2.03 bits per heavy atom. The normalized spacial score (nSPS) is 17.9. The Hall–Kier alpha value is -3.58. The molecule has 0 saturated carbocycles. The number of ether oxygens (including phenoxy) is 2. The lowest BCUT2D eigenvalue weighted by Crippen LogP contribution is -2.42. The molecule has 20 heteroatoms. The molecule has 1 aromatic rings. The molecule has 0 spiro atoms. The Bertz CT molecular complexity index is 1030. The fourth-order valence-electron chi connectivity index (χ4n) is 2.45. The van der Waals surface area contributed by atoms with E-state index in [0.29, 0.717) is 0 Å². The van der Waals surface area contributed by atoms with Crippen LogP contribution in [0.4, 0.5) is 32.6 Å². The van der Waals surface area contributed by atoms with Gasteiger partial charge in [0.2, 0.25) is 6.10 Å². The minimum atomic E-state index is -10.3. The highest BCUT2D eigenvalue weighted by Gasteiger charge is 2.65. The van der Waals surface area contributed by atoms with Gasteiger partial charge in [-0.25, -0.2) is 4.79 Å². The average Bonchev–Trinajstić information content (AvgIpc) is 2.65. The molecule has 0 aromatic heterocycles. The number of rotatable bonds is 9. The van der Waals surface area contributed by atoms with Crippen molar-refractivity contribution in [2.24, 2.45) is 0 Å². The summed E-state index contributed by atoms with van der Waals surface area (Å²) in [6, 6.07) is -0.261. The van der Waals surface area contributed by atoms with E-state index in [1.807, 2.05) is 0 Å². The fraction of sp³-hybridized carbons (Fsp3) is 0.357. The number of hydrogen-bond donors (Lipinski definition) is 0. The average molecular weight is 534 g/mol. The van der Waals surface area contributed by atoms with Gasteiger partial charge in [0.15, 0.2) is 0 Å². The summed E-state index contributed by atoms with van der Waals surface area (Å²) in [5.74, 6) is -2.95. The third kappa shape index (κ3) is 6.96. The van der Waals surface area contributed by atoms with Gasteiger partial charge >= 0.3 is 22.4 Å². The lowest BCUT2D eigenvalue weighted by Gasteiger charge is -2.41. The molecule has 0 N–H and O–H groups in total. The second-order valence-corrected chi connectivity index (χ2v) is 8.78. The zero-order valence-corrected chi connectivity index (χ0v) is 16.7. The van der Waals surface area contributed by atoms with Crippen molar-refractivity contribution in [1.82, 2.24) is 0 Å². The smallest absolute Gasteiger partial charge is 0.430 e. The maximum absolute atomic E-state index is 13.4. The Kier molecular flexibility index (Phi) is 6.29. The molecule has 1 aliphatic rings. The van der Waals surface area contributed by atoms with Crippen molar-refractivity contribution >= 4 is 22.3 Å². The van der Waals surface area contributed by atoms with Crippen molar-refractivity contribution in [1.29, 1.82) is 0 Å². The Labute approximate surface area is 181 Å². The molecule has 192 valence electrons. The van der Waals surface area contributed by atoms with Crippen LogP contribution in [0.5, 0.6) is 5.75 Å². The van der Waals surface area contributed by atoms with E-state index < -0.39 is 79.7 Å². The highest BCUT2D eigenvalue weighted by molar-refractivity contribution is 8.45. The van der Waals surface area contributed by atoms with E-state index in [2.05, 4.69) is 19.1 Å². The van der Waals surface area contributed by atoms with Crippen LogP contribution in [0.25, 0.3) is 6.08 Å². The first-order valence-corrected chi connectivity index (χ1v) is 10.2. The van der Waals surface area contributed by atoms with Gasteiger partial charge in [0.05, 0.1) is 5.57 Å². The molecule has 0 saturated heterocycles. The number of alkyl halides is 3. The molecule has 11 nitrogen and oxygen atoms in total. The monoisotopic (exact) mass is 534 g/mol. The van der Waals surface area contributed by atoms with Gasteiger partial charge < -0.3 is 19.1 Å². The van der Waals surface area contributed by atoms with E-state index in [4.69, 9.17) is 0 Å². The number of fused-ring (bicyclic) bond motifs is 1. The van der Waals surface area contributed by atoms with Gasteiger partial charge in [-0.15, -0.1) is 20.2 Å². The fourth-order valence-corrected chi connectivity index (χ4v) is 3.13. The van der Waals surface area contributed by atoms with Crippen LogP contribution in [0, 0.1) is 20.2 Å². The van der Waals surface area contributed by atoms with Crippen molar-refractivity contribution in [3.8, 4) is 5.75 Å². The summed E-state index contributed by atoms with van der Waals surface area (Å²) < 4.78 is 114. The molecule has 0 fully saturated rings. The predicted octanol–water partition coefficient (Wildman–Crippen LogP) is 4.38. The molecule has 1 heterocycles. The topological polar surface area (TPSA) is 140 Å². The van der Waals surface area contributed by atoms with Crippen LogP contribution in [-0.4, -0.2) is 47.7 Å². The first-order chi connectivity index (χ1) is 15.2. The van der Waals surface area contributed by atoms with Crippen LogP contribution in [-0.2, 0) is 19.2 Å². The first-order valence-electron chi connectivity index (χ1n) is 8.26. The van der Waals surface area contributed by atoms with Gasteiger partial charge in [-0.05, 0) is 24.3 Å². The number of benzene rings is 1. The molecular weight excluding hydrogens is 524 g/mol. The predicted molar refractivity (Wildman–Crippen MR) is 92.1 cm³/mol. The number of carbonyl (C=O) groups is 1. The van der Waals surface area contributed by atoms with Crippen molar-refractivity contribution < 1.29 is 66.7 Å². The minimum Gasteiger partial charge on any atom is -0.475 e. The van der Waals surface area contributed by atoms with E-state index in [9.17, 15) is 57.6 Å². The summed E-state index contributed by atoms with van der Waals surface area (Å²) in [6.07, 6.45) is -10.5. The molecule has 0 amide bonds. The first kappa shape index (κ1) is 26.7. The molecule has 0 aliphatic carbocycles. The van der Waals surface area contributed by atoms with Gasteiger partial charge in [-0.2, -0.15) is 13.2 Å². The quantitative estimate of drug-likeness (QED) is 0.195. The van der Waals surface area contributed by atoms with Crippen LogP contribution in [0.1, 0.15) is 5.56 Å². The van der Waals surface area contributed by atoms with E-state index >= 15 is 0 Å². The lowest BCUT2D eigenvalue weighted by atomic mass is 10.0. The third-order valence-electron chi connectivity index (χ3n) is 3.80. The highest BCUT2D eigenvalue weighted by Crippen LogP contribution is 3.02. The van der Waals surface area contributed by atoms with Crippen LogP contribution in [0.2, 0.25) is 0 Å². The summed E-state index contributed by atoms with van der Waals surface area (Å²) in [5.41, 5.74) is -2.55. The lowest BCUT2D eigenvalue weighted by molar-refractivity contribution is -0.768. The van der Waals surface area contributed by atoms with Gasteiger partial charge in [-0.1, -0.05) is 19.4 Å².